The molecule has 1 heterocycles. The van der Waals surface area contributed by atoms with Gasteiger partial charge in [-0.15, -0.1) is 0 Å². The van der Waals surface area contributed by atoms with Crippen molar-refractivity contribution in [1.29, 1.82) is 0 Å². The third-order valence-corrected chi connectivity index (χ3v) is 3.16. The van der Waals surface area contributed by atoms with Gasteiger partial charge < -0.3 is 15.7 Å². The van der Waals surface area contributed by atoms with Crippen molar-refractivity contribution in [3.05, 3.63) is 52.3 Å². The highest BCUT2D eigenvalue weighted by Gasteiger charge is 2.08. The molecule has 8 heteroatoms. The Morgan fingerprint density at radius 1 is 1.00 bits per heavy atom. The van der Waals surface area contributed by atoms with E-state index in [4.69, 9.17) is 28.3 Å². The smallest absolute Gasteiger partial charge is 0.337 e. The molecule has 2 amide bonds. The topological polar surface area (TPSA) is 91.3 Å². The van der Waals surface area contributed by atoms with Crippen molar-refractivity contribution in [1.82, 2.24) is 4.98 Å². The molecule has 3 N–H and O–H groups in total. The van der Waals surface area contributed by atoms with E-state index in [0.717, 1.165) is 0 Å². The lowest BCUT2D eigenvalue weighted by Crippen LogP contribution is -2.19. The quantitative estimate of drug-likeness (QED) is 0.801. The first kappa shape index (κ1) is 15.1. The molecule has 0 bridgehead atoms. The fourth-order valence-corrected chi connectivity index (χ4v) is 1.79. The standard InChI is InChI=1S/C13H9Cl2N3O3/c14-10-2-1-8(4-11(10)15)17-13(21)18-9-3-7(12(19)20)5-16-6-9/h1-6H,(H,19,20)(H2,17,18,21). The molecule has 2 aromatic rings. The predicted octanol–water partition coefficient (Wildman–Crippen LogP) is 3.73. The molecule has 1 aromatic heterocycles. The molecule has 0 aliphatic heterocycles. The Kier molecular flexibility index (Phi) is 4.62. The Bertz CT molecular complexity index is 707. The summed E-state index contributed by atoms with van der Waals surface area (Å²) < 4.78 is 0. The van der Waals surface area contributed by atoms with Crippen molar-refractivity contribution in [2.75, 3.05) is 10.6 Å². The lowest BCUT2D eigenvalue weighted by Gasteiger charge is -2.08. The van der Waals surface area contributed by atoms with Crippen molar-refractivity contribution >= 4 is 46.6 Å². The largest absolute Gasteiger partial charge is 0.478 e. The predicted molar refractivity (Wildman–Crippen MR) is 80.3 cm³/mol. The third kappa shape index (κ3) is 4.08. The second kappa shape index (κ2) is 6.43. The van der Waals surface area contributed by atoms with Crippen LogP contribution in [0.4, 0.5) is 16.2 Å². The van der Waals surface area contributed by atoms with Crippen LogP contribution in [0.5, 0.6) is 0 Å². The average molecular weight is 326 g/mol. The molecule has 21 heavy (non-hydrogen) atoms. The number of carboxylic acids is 1. The normalized spacial score (nSPS) is 10.0. The Hall–Kier alpha value is -2.31. The number of carbonyl (C=O) groups excluding carboxylic acids is 1. The molecular formula is C13H9Cl2N3O3. The second-order valence-corrected chi connectivity index (χ2v) is 4.79. The fourth-order valence-electron chi connectivity index (χ4n) is 1.49. The number of carbonyl (C=O) groups is 2. The first-order chi connectivity index (χ1) is 9.95. The highest BCUT2D eigenvalue weighted by Crippen LogP contribution is 2.25. The number of pyridine rings is 1. The SMILES string of the molecule is O=C(Nc1cncc(C(=O)O)c1)Nc1ccc(Cl)c(Cl)c1. The monoisotopic (exact) mass is 325 g/mol. The van der Waals surface area contributed by atoms with Gasteiger partial charge in [0.1, 0.15) is 0 Å². The summed E-state index contributed by atoms with van der Waals surface area (Å²) in [5.74, 6) is -1.13. The van der Waals surface area contributed by atoms with Crippen LogP contribution in [0.25, 0.3) is 0 Å². The van der Waals surface area contributed by atoms with E-state index in [0.29, 0.717) is 15.7 Å². The van der Waals surface area contributed by atoms with Gasteiger partial charge >= 0.3 is 12.0 Å². The highest BCUT2D eigenvalue weighted by molar-refractivity contribution is 6.42. The summed E-state index contributed by atoms with van der Waals surface area (Å²) in [6, 6.07) is 5.36. The number of amides is 2. The maximum absolute atomic E-state index is 11.8. The summed E-state index contributed by atoms with van der Waals surface area (Å²) >= 11 is 11.6. The first-order valence-electron chi connectivity index (χ1n) is 5.67. The number of urea groups is 1. The van der Waals surface area contributed by atoms with Crippen LogP contribution in [-0.4, -0.2) is 22.1 Å². The van der Waals surface area contributed by atoms with Gasteiger partial charge in [-0.1, -0.05) is 23.2 Å². The zero-order valence-corrected chi connectivity index (χ0v) is 11.9. The van der Waals surface area contributed by atoms with E-state index in [1.807, 2.05) is 0 Å². The molecular weight excluding hydrogens is 317 g/mol. The molecule has 0 unspecified atom stereocenters. The number of nitrogens with one attached hydrogen (secondary N) is 2. The number of aromatic carboxylic acids is 1. The summed E-state index contributed by atoms with van der Waals surface area (Å²) in [7, 11) is 0. The second-order valence-electron chi connectivity index (χ2n) is 3.98. The van der Waals surface area contributed by atoms with Crippen molar-refractivity contribution < 1.29 is 14.7 Å². The van der Waals surface area contributed by atoms with Gasteiger partial charge in [-0.3, -0.25) is 4.98 Å². The van der Waals surface area contributed by atoms with Gasteiger partial charge in [0, 0.05) is 11.9 Å². The third-order valence-electron chi connectivity index (χ3n) is 2.42. The van der Waals surface area contributed by atoms with E-state index in [1.165, 1.54) is 24.5 Å². The van der Waals surface area contributed by atoms with Crippen LogP contribution in [0.15, 0.2) is 36.7 Å². The highest BCUT2D eigenvalue weighted by atomic mass is 35.5. The first-order valence-corrected chi connectivity index (χ1v) is 6.42. The van der Waals surface area contributed by atoms with Gasteiger partial charge in [-0.05, 0) is 24.3 Å². The molecule has 2 rings (SSSR count). The minimum atomic E-state index is -1.13. The van der Waals surface area contributed by atoms with Gasteiger partial charge in [0.05, 0.1) is 27.5 Å². The van der Waals surface area contributed by atoms with E-state index in [2.05, 4.69) is 15.6 Å². The number of hydrogen-bond acceptors (Lipinski definition) is 3. The van der Waals surface area contributed by atoms with Gasteiger partial charge in [0.2, 0.25) is 0 Å². The molecule has 0 saturated carbocycles. The number of anilines is 2. The maximum atomic E-state index is 11.8. The van der Waals surface area contributed by atoms with Crippen molar-refractivity contribution in [2.24, 2.45) is 0 Å². The van der Waals surface area contributed by atoms with Crippen LogP contribution in [0, 0.1) is 0 Å². The Morgan fingerprint density at radius 2 is 1.71 bits per heavy atom. The Morgan fingerprint density at radius 3 is 2.38 bits per heavy atom. The van der Waals surface area contributed by atoms with Crippen molar-refractivity contribution in [3.8, 4) is 0 Å². The molecule has 0 fully saturated rings. The van der Waals surface area contributed by atoms with E-state index >= 15 is 0 Å². The van der Waals surface area contributed by atoms with E-state index in [1.54, 1.807) is 12.1 Å². The Balaban J connectivity index is 2.06. The zero-order valence-electron chi connectivity index (χ0n) is 10.4. The zero-order chi connectivity index (χ0) is 15.4. The van der Waals surface area contributed by atoms with E-state index in [-0.39, 0.29) is 11.3 Å². The molecule has 0 spiro atoms. The number of carboxylic acid groups (broad SMARTS) is 1. The summed E-state index contributed by atoms with van der Waals surface area (Å²) in [6.45, 7) is 0. The number of rotatable bonds is 3. The van der Waals surface area contributed by atoms with Crippen LogP contribution in [0.1, 0.15) is 10.4 Å². The number of halogens is 2. The molecule has 108 valence electrons. The van der Waals surface area contributed by atoms with Gasteiger partial charge in [0.15, 0.2) is 0 Å². The van der Waals surface area contributed by atoms with E-state index in [9.17, 15) is 9.59 Å². The summed E-state index contributed by atoms with van der Waals surface area (Å²) in [5, 5.41) is 14.5. The molecule has 0 aliphatic carbocycles. The lowest BCUT2D eigenvalue weighted by molar-refractivity contribution is 0.0696. The maximum Gasteiger partial charge on any atom is 0.337 e. The Labute approximate surface area is 129 Å². The lowest BCUT2D eigenvalue weighted by atomic mass is 10.2. The number of aromatic nitrogens is 1. The van der Waals surface area contributed by atoms with Crippen LogP contribution in [0.3, 0.4) is 0 Å². The van der Waals surface area contributed by atoms with Crippen LogP contribution in [0.2, 0.25) is 10.0 Å². The van der Waals surface area contributed by atoms with Gasteiger partial charge in [0.25, 0.3) is 0 Å². The molecule has 0 atom stereocenters. The summed E-state index contributed by atoms with van der Waals surface area (Å²) in [5.41, 5.74) is 0.680. The van der Waals surface area contributed by atoms with Crippen molar-refractivity contribution in [3.63, 3.8) is 0 Å². The molecule has 0 aliphatic rings. The minimum absolute atomic E-state index is 0.0256. The average Bonchev–Trinajstić information content (AvgIpc) is 2.43. The van der Waals surface area contributed by atoms with Crippen molar-refractivity contribution in [2.45, 2.75) is 0 Å². The molecule has 1 aromatic carbocycles. The van der Waals surface area contributed by atoms with Gasteiger partial charge in [-0.2, -0.15) is 0 Å². The molecule has 6 nitrogen and oxygen atoms in total. The number of hydrogen-bond donors (Lipinski definition) is 3. The fraction of sp³-hybridized carbons (Fsp3) is 0. The summed E-state index contributed by atoms with van der Waals surface area (Å²) in [4.78, 5) is 26.3. The van der Waals surface area contributed by atoms with E-state index < -0.39 is 12.0 Å². The minimum Gasteiger partial charge on any atom is -0.478 e. The number of nitrogens with zero attached hydrogens (tertiary/aromatic N) is 1. The summed E-state index contributed by atoms with van der Waals surface area (Å²) in [6.07, 6.45) is 2.52. The molecule has 0 radical (unpaired) electrons. The van der Waals surface area contributed by atoms with Crippen LogP contribution < -0.4 is 10.6 Å². The molecule has 0 saturated heterocycles. The number of benzene rings is 1. The van der Waals surface area contributed by atoms with Crippen LogP contribution in [-0.2, 0) is 0 Å². The van der Waals surface area contributed by atoms with Crippen LogP contribution >= 0.6 is 23.2 Å². The van der Waals surface area contributed by atoms with Gasteiger partial charge in [-0.25, -0.2) is 9.59 Å².